The number of rotatable bonds is 6. The molecule has 0 heterocycles. The van der Waals surface area contributed by atoms with E-state index in [2.05, 4.69) is 6.07 Å². The standard InChI is InChI=1S/C14H16F2N2O/c1-3-18(8-10(2)7-17)9-14(19)12-5-4-11(15)6-13(12)16/h4-6,10H,3,8-9H2,1-2H3. The van der Waals surface area contributed by atoms with Crippen molar-refractivity contribution in [1.82, 2.24) is 4.90 Å². The average molecular weight is 266 g/mol. The zero-order valence-corrected chi connectivity index (χ0v) is 11.0. The van der Waals surface area contributed by atoms with Gasteiger partial charge in [0, 0.05) is 12.6 Å². The van der Waals surface area contributed by atoms with E-state index in [0.29, 0.717) is 19.2 Å². The molecule has 1 aromatic carbocycles. The van der Waals surface area contributed by atoms with E-state index >= 15 is 0 Å². The van der Waals surface area contributed by atoms with Crippen LogP contribution in [0.5, 0.6) is 0 Å². The molecule has 0 amide bonds. The summed E-state index contributed by atoms with van der Waals surface area (Å²) >= 11 is 0. The number of carbonyl (C=O) groups excluding carboxylic acids is 1. The summed E-state index contributed by atoms with van der Waals surface area (Å²) in [5.41, 5.74) is -0.121. The largest absolute Gasteiger partial charge is 0.295 e. The van der Waals surface area contributed by atoms with Crippen molar-refractivity contribution in [1.29, 1.82) is 5.26 Å². The van der Waals surface area contributed by atoms with E-state index in [1.165, 1.54) is 0 Å². The highest BCUT2D eigenvalue weighted by molar-refractivity contribution is 5.97. The molecule has 1 aromatic rings. The Balaban J connectivity index is 2.75. The fourth-order valence-corrected chi connectivity index (χ4v) is 1.74. The number of carbonyl (C=O) groups is 1. The smallest absolute Gasteiger partial charge is 0.179 e. The first-order valence-electron chi connectivity index (χ1n) is 6.08. The van der Waals surface area contributed by atoms with Gasteiger partial charge >= 0.3 is 0 Å². The maximum Gasteiger partial charge on any atom is 0.179 e. The molecule has 0 aliphatic carbocycles. The Morgan fingerprint density at radius 2 is 2.16 bits per heavy atom. The summed E-state index contributed by atoms with van der Waals surface area (Å²) in [5, 5.41) is 8.74. The van der Waals surface area contributed by atoms with Crippen molar-refractivity contribution in [2.24, 2.45) is 5.92 Å². The molecule has 0 spiro atoms. The van der Waals surface area contributed by atoms with Gasteiger partial charge in [0.05, 0.1) is 24.1 Å². The maximum atomic E-state index is 13.5. The third kappa shape index (κ3) is 4.42. The molecule has 0 radical (unpaired) electrons. The highest BCUT2D eigenvalue weighted by Crippen LogP contribution is 2.11. The molecule has 1 unspecified atom stereocenters. The van der Waals surface area contributed by atoms with Gasteiger partial charge in [-0.3, -0.25) is 9.69 Å². The van der Waals surface area contributed by atoms with Crippen LogP contribution in [0.2, 0.25) is 0 Å². The number of Topliss-reactive ketones (excluding diaryl/α,β-unsaturated/α-hetero) is 1. The first-order valence-corrected chi connectivity index (χ1v) is 6.08. The molecule has 1 atom stereocenters. The van der Waals surface area contributed by atoms with Crippen molar-refractivity contribution < 1.29 is 13.6 Å². The minimum Gasteiger partial charge on any atom is -0.295 e. The lowest BCUT2D eigenvalue weighted by molar-refractivity contribution is 0.0925. The topological polar surface area (TPSA) is 44.1 Å². The molecule has 102 valence electrons. The van der Waals surface area contributed by atoms with Gasteiger partial charge in [-0.2, -0.15) is 5.26 Å². The SMILES string of the molecule is CCN(CC(=O)c1ccc(F)cc1F)CC(C)C#N. The minimum atomic E-state index is -0.852. The van der Waals surface area contributed by atoms with Crippen molar-refractivity contribution in [3.05, 3.63) is 35.4 Å². The third-order valence-corrected chi connectivity index (χ3v) is 2.80. The molecule has 0 bridgehead atoms. The second-order valence-electron chi connectivity index (χ2n) is 4.41. The molecule has 19 heavy (non-hydrogen) atoms. The Labute approximate surface area is 111 Å². The molecule has 0 aromatic heterocycles. The second-order valence-corrected chi connectivity index (χ2v) is 4.41. The van der Waals surface area contributed by atoms with Crippen LogP contribution in [0.4, 0.5) is 8.78 Å². The summed E-state index contributed by atoms with van der Waals surface area (Å²) in [6.07, 6.45) is 0. The van der Waals surface area contributed by atoms with E-state index < -0.39 is 17.4 Å². The maximum absolute atomic E-state index is 13.5. The number of hydrogen-bond donors (Lipinski definition) is 0. The summed E-state index contributed by atoms with van der Waals surface area (Å²) in [7, 11) is 0. The van der Waals surface area contributed by atoms with Gasteiger partial charge in [0.15, 0.2) is 5.78 Å². The van der Waals surface area contributed by atoms with Crippen molar-refractivity contribution in [2.75, 3.05) is 19.6 Å². The molecule has 0 aliphatic heterocycles. The predicted octanol–water partition coefficient (Wildman–Crippen LogP) is 2.63. The molecule has 0 fully saturated rings. The Morgan fingerprint density at radius 1 is 1.47 bits per heavy atom. The summed E-state index contributed by atoms with van der Waals surface area (Å²) in [6.45, 7) is 4.66. The Bertz CT molecular complexity index is 497. The van der Waals surface area contributed by atoms with E-state index in [0.717, 1.165) is 12.1 Å². The number of likely N-dealkylation sites (N-methyl/N-ethyl adjacent to an activating group) is 1. The van der Waals surface area contributed by atoms with Gasteiger partial charge in [0.1, 0.15) is 11.6 Å². The lowest BCUT2D eigenvalue weighted by atomic mass is 10.1. The molecule has 1 rings (SSSR count). The van der Waals surface area contributed by atoms with E-state index in [4.69, 9.17) is 5.26 Å². The number of halogens is 2. The normalized spacial score (nSPS) is 12.2. The Hall–Kier alpha value is -1.80. The van der Waals surface area contributed by atoms with Gasteiger partial charge in [-0.25, -0.2) is 8.78 Å². The molecule has 0 aliphatic rings. The van der Waals surface area contributed by atoms with Gasteiger partial charge in [-0.05, 0) is 25.6 Å². The first kappa shape index (κ1) is 15.3. The van der Waals surface area contributed by atoms with Crippen molar-refractivity contribution in [3.8, 4) is 6.07 Å². The van der Waals surface area contributed by atoms with Crippen LogP contribution in [-0.2, 0) is 0 Å². The highest BCUT2D eigenvalue weighted by Gasteiger charge is 2.17. The monoisotopic (exact) mass is 266 g/mol. The van der Waals surface area contributed by atoms with E-state index in [1.807, 2.05) is 6.92 Å². The van der Waals surface area contributed by atoms with Crippen LogP contribution in [0.15, 0.2) is 18.2 Å². The molecule has 0 saturated heterocycles. The zero-order chi connectivity index (χ0) is 14.4. The van der Waals surface area contributed by atoms with Gasteiger partial charge < -0.3 is 0 Å². The van der Waals surface area contributed by atoms with Gasteiger partial charge in [-0.15, -0.1) is 0 Å². The number of nitrogens with zero attached hydrogens (tertiary/aromatic N) is 2. The molecular weight excluding hydrogens is 250 g/mol. The number of nitriles is 1. The van der Waals surface area contributed by atoms with Crippen molar-refractivity contribution in [2.45, 2.75) is 13.8 Å². The Morgan fingerprint density at radius 3 is 2.68 bits per heavy atom. The van der Waals surface area contributed by atoms with Gasteiger partial charge in [0.25, 0.3) is 0 Å². The average Bonchev–Trinajstić information content (AvgIpc) is 2.37. The summed E-state index contributed by atoms with van der Waals surface area (Å²) in [6, 6.07) is 4.99. The predicted molar refractivity (Wildman–Crippen MR) is 67.6 cm³/mol. The van der Waals surface area contributed by atoms with E-state index in [-0.39, 0.29) is 18.0 Å². The van der Waals surface area contributed by atoms with Crippen LogP contribution in [-0.4, -0.2) is 30.3 Å². The lowest BCUT2D eigenvalue weighted by Gasteiger charge is -2.20. The fourth-order valence-electron chi connectivity index (χ4n) is 1.74. The third-order valence-electron chi connectivity index (χ3n) is 2.80. The van der Waals surface area contributed by atoms with Crippen LogP contribution >= 0.6 is 0 Å². The number of hydrogen-bond acceptors (Lipinski definition) is 3. The lowest BCUT2D eigenvalue weighted by Crippen LogP contribution is -2.33. The Kier molecular flexibility index (Phi) is 5.58. The van der Waals surface area contributed by atoms with E-state index in [1.54, 1.807) is 11.8 Å². The van der Waals surface area contributed by atoms with Gasteiger partial charge in [-0.1, -0.05) is 6.92 Å². The summed E-state index contributed by atoms with van der Waals surface area (Å²) in [4.78, 5) is 13.7. The summed E-state index contributed by atoms with van der Waals surface area (Å²) in [5.74, 6) is -2.18. The van der Waals surface area contributed by atoms with Crippen molar-refractivity contribution >= 4 is 5.78 Å². The molecule has 0 N–H and O–H groups in total. The molecule has 3 nitrogen and oxygen atoms in total. The highest BCUT2D eigenvalue weighted by atomic mass is 19.1. The number of benzene rings is 1. The summed E-state index contributed by atoms with van der Waals surface area (Å²) < 4.78 is 26.2. The van der Waals surface area contributed by atoms with E-state index in [9.17, 15) is 13.6 Å². The van der Waals surface area contributed by atoms with Crippen LogP contribution in [0.25, 0.3) is 0 Å². The number of ketones is 1. The quantitative estimate of drug-likeness (QED) is 0.743. The van der Waals surface area contributed by atoms with Crippen LogP contribution < -0.4 is 0 Å². The zero-order valence-electron chi connectivity index (χ0n) is 11.0. The van der Waals surface area contributed by atoms with Crippen LogP contribution in [0.1, 0.15) is 24.2 Å². The molecule has 5 heteroatoms. The minimum absolute atomic E-state index is 0.0189. The van der Waals surface area contributed by atoms with Crippen molar-refractivity contribution in [3.63, 3.8) is 0 Å². The van der Waals surface area contributed by atoms with Crippen LogP contribution in [0, 0.1) is 28.9 Å². The fraction of sp³-hybridized carbons (Fsp3) is 0.429. The molecular formula is C14H16F2N2O. The van der Waals surface area contributed by atoms with Crippen LogP contribution in [0.3, 0.4) is 0 Å². The molecule has 0 saturated carbocycles. The second kappa shape index (κ2) is 6.95. The first-order chi connectivity index (χ1) is 8.97. The van der Waals surface area contributed by atoms with Gasteiger partial charge in [0.2, 0.25) is 0 Å².